The van der Waals surface area contributed by atoms with Crippen molar-refractivity contribution >= 4 is 21.6 Å². The summed E-state index contributed by atoms with van der Waals surface area (Å²) >= 11 is 0. The number of para-hydroxylation sites is 1. The number of nitrogens with one attached hydrogen (secondary N) is 2. The van der Waals surface area contributed by atoms with Crippen molar-refractivity contribution in [3.63, 3.8) is 0 Å². The first-order valence-corrected chi connectivity index (χ1v) is 11.0. The average Bonchev–Trinajstić information content (AvgIpc) is 2.71. The summed E-state index contributed by atoms with van der Waals surface area (Å²) in [4.78, 5) is 12.5. The lowest BCUT2D eigenvalue weighted by Gasteiger charge is -2.13. The molecule has 3 aromatic rings. The van der Waals surface area contributed by atoms with Crippen LogP contribution in [0, 0.1) is 19.7 Å². The van der Waals surface area contributed by atoms with E-state index in [9.17, 15) is 17.6 Å². The topological polar surface area (TPSA) is 75.3 Å². The Balaban J connectivity index is 1.77. The van der Waals surface area contributed by atoms with E-state index in [1.165, 1.54) is 0 Å². The third-order valence-electron chi connectivity index (χ3n) is 4.76. The van der Waals surface area contributed by atoms with Gasteiger partial charge >= 0.3 is 0 Å². The minimum absolute atomic E-state index is 0.163. The number of benzene rings is 3. The predicted molar refractivity (Wildman–Crippen MR) is 116 cm³/mol. The molecule has 0 aliphatic carbocycles. The molecule has 0 fully saturated rings. The second-order valence-electron chi connectivity index (χ2n) is 7.00. The van der Waals surface area contributed by atoms with Crippen LogP contribution < -0.4 is 10.0 Å². The molecule has 0 heterocycles. The highest BCUT2D eigenvalue weighted by Gasteiger charge is 2.20. The number of carbonyl (C=O) groups is 1. The molecule has 2 N–H and O–H groups in total. The van der Waals surface area contributed by atoms with Gasteiger partial charge in [-0.1, -0.05) is 48.5 Å². The summed E-state index contributed by atoms with van der Waals surface area (Å²) in [6, 6.07) is 18.2. The molecule has 0 bridgehead atoms. The Morgan fingerprint density at radius 2 is 1.60 bits per heavy atom. The zero-order valence-corrected chi connectivity index (χ0v) is 17.6. The van der Waals surface area contributed by atoms with E-state index in [0.29, 0.717) is 12.1 Å². The summed E-state index contributed by atoms with van der Waals surface area (Å²) in [5, 5.41) is 2.68. The quantitative estimate of drug-likeness (QED) is 0.594. The third-order valence-corrected chi connectivity index (χ3v) is 6.22. The molecule has 0 spiro atoms. The molecule has 0 aliphatic rings. The van der Waals surface area contributed by atoms with Gasteiger partial charge in [-0.15, -0.1) is 0 Å². The van der Waals surface area contributed by atoms with Crippen LogP contribution in [0.2, 0.25) is 0 Å². The van der Waals surface area contributed by atoms with Crippen LogP contribution in [0.15, 0.2) is 71.6 Å². The van der Waals surface area contributed by atoms with E-state index in [-0.39, 0.29) is 17.0 Å². The Labute approximate surface area is 176 Å². The lowest BCUT2D eigenvalue weighted by atomic mass is 10.1. The molecule has 1 amide bonds. The Bertz CT molecular complexity index is 1140. The van der Waals surface area contributed by atoms with Crippen LogP contribution >= 0.6 is 0 Å². The van der Waals surface area contributed by atoms with Crippen LogP contribution in [0.3, 0.4) is 0 Å². The van der Waals surface area contributed by atoms with Gasteiger partial charge in [0.2, 0.25) is 10.0 Å². The van der Waals surface area contributed by atoms with Crippen molar-refractivity contribution in [3.8, 4) is 0 Å². The van der Waals surface area contributed by atoms with E-state index in [1.54, 1.807) is 0 Å². The Morgan fingerprint density at radius 3 is 2.27 bits per heavy atom. The molecular formula is C23H23FN2O3S. The summed E-state index contributed by atoms with van der Waals surface area (Å²) < 4.78 is 42.0. The first-order chi connectivity index (χ1) is 14.3. The molecule has 0 radical (unpaired) electrons. The van der Waals surface area contributed by atoms with Gasteiger partial charge in [-0.05, 0) is 55.2 Å². The fourth-order valence-corrected chi connectivity index (χ4v) is 4.15. The second kappa shape index (κ2) is 9.19. The van der Waals surface area contributed by atoms with Crippen LogP contribution in [-0.4, -0.2) is 20.9 Å². The van der Waals surface area contributed by atoms with Gasteiger partial charge in [-0.2, -0.15) is 0 Å². The van der Waals surface area contributed by atoms with Crippen molar-refractivity contribution in [3.05, 3.63) is 94.8 Å². The third kappa shape index (κ3) is 5.11. The maximum atomic E-state index is 14.3. The molecule has 0 aromatic heterocycles. The summed E-state index contributed by atoms with van der Waals surface area (Å²) in [6.07, 6.45) is 0.515. The number of anilines is 1. The van der Waals surface area contributed by atoms with E-state index >= 15 is 0 Å². The van der Waals surface area contributed by atoms with Crippen LogP contribution in [0.25, 0.3) is 0 Å². The first-order valence-electron chi connectivity index (χ1n) is 9.48. The van der Waals surface area contributed by atoms with Crippen molar-refractivity contribution in [1.82, 2.24) is 4.72 Å². The van der Waals surface area contributed by atoms with Crippen LogP contribution in [0.5, 0.6) is 0 Å². The second-order valence-corrected chi connectivity index (χ2v) is 8.76. The highest BCUT2D eigenvalue weighted by molar-refractivity contribution is 7.89. The molecule has 7 heteroatoms. The molecule has 156 valence electrons. The van der Waals surface area contributed by atoms with Gasteiger partial charge in [0.25, 0.3) is 5.91 Å². The minimum atomic E-state index is -3.89. The number of halogens is 1. The lowest BCUT2D eigenvalue weighted by Crippen LogP contribution is -2.26. The number of carbonyl (C=O) groups excluding carboxylic acids is 1. The average molecular weight is 427 g/mol. The molecule has 0 unspecified atom stereocenters. The number of rotatable bonds is 7. The number of hydrogen-bond donors (Lipinski definition) is 2. The molecule has 30 heavy (non-hydrogen) atoms. The molecule has 5 nitrogen and oxygen atoms in total. The number of aryl methyl sites for hydroxylation is 2. The fourth-order valence-electron chi connectivity index (χ4n) is 3.10. The van der Waals surface area contributed by atoms with Gasteiger partial charge in [0.05, 0.1) is 10.5 Å². The van der Waals surface area contributed by atoms with Gasteiger partial charge in [-0.25, -0.2) is 17.5 Å². The molecular weight excluding hydrogens is 403 g/mol. The smallest absolute Gasteiger partial charge is 0.258 e. The fraction of sp³-hybridized carbons (Fsp3) is 0.174. The van der Waals surface area contributed by atoms with E-state index in [1.807, 2.05) is 62.4 Å². The minimum Gasteiger partial charge on any atom is -0.321 e. The number of amides is 1. The van der Waals surface area contributed by atoms with Crippen molar-refractivity contribution in [2.75, 3.05) is 11.9 Å². The summed E-state index contributed by atoms with van der Waals surface area (Å²) in [5.74, 6) is -1.49. The van der Waals surface area contributed by atoms with Crippen molar-refractivity contribution in [1.29, 1.82) is 0 Å². The van der Waals surface area contributed by atoms with Gasteiger partial charge < -0.3 is 5.32 Å². The van der Waals surface area contributed by atoms with E-state index in [4.69, 9.17) is 0 Å². The molecule has 0 saturated heterocycles. The monoisotopic (exact) mass is 426 g/mol. The van der Waals surface area contributed by atoms with Crippen molar-refractivity contribution in [2.45, 2.75) is 25.2 Å². The summed E-state index contributed by atoms with van der Waals surface area (Å²) in [7, 11) is -3.89. The predicted octanol–water partition coefficient (Wildman–Crippen LogP) is 4.22. The Hall–Kier alpha value is -3.03. The Morgan fingerprint density at radius 1 is 0.933 bits per heavy atom. The van der Waals surface area contributed by atoms with Crippen molar-refractivity contribution in [2.24, 2.45) is 0 Å². The van der Waals surface area contributed by atoms with Crippen LogP contribution in [-0.2, 0) is 16.4 Å². The first kappa shape index (κ1) is 21.7. The summed E-state index contributed by atoms with van der Waals surface area (Å²) in [5.41, 5.74) is 2.90. The normalized spacial score (nSPS) is 11.3. The number of sulfonamides is 1. The summed E-state index contributed by atoms with van der Waals surface area (Å²) in [6.45, 7) is 3.85. The van der Waals surface area contributed by atoms with E-state index in [2.05, 4.69) is 10.0 Å². The van der Waals surface area contributed by atoms with Gasteiger partial charge in [0.15, 0.2) is 0 Å². The number of hydrogen-bond acceptors (Lipinski definition) is 3. The molecule has 0 atom stereocenters. The maximum Gasteiger partial charge on any atom is 0.258 e. The van der Waals surface area contributed by atoms with Crippen LogP contribution in [0.1, 0.15) is 27.0 Å². The molecule has 0 saturated carbocycles. The molecule has 3 aromatic carbocycles. The van der Waals surface area contributed by atoms with Crippen molar-refractivity contribution < 1.29 is 17.6 Å². The largest absolute Gasteiger partial charge is 0.321 e. The van der Waals surface area contributed by atoms with E-state index < -0.39 is 21.7 Å². The van der Waals surface area contributed by atoms with Crippen LogP contribution in [0.4, 0.5) is 10.1 Å². The molecule has 0 aliphatic heterocycles. The van der Waals surface area contributed by atoms with E-state index in [0.717, 1.165) is 34.9 Å². The highest BCUT2D eigenvalue weighted by Crippen LogP contribution is 2.22. The van der Waals surface area contributed by atoms with Gasteiger partial charge in [0.1, 0.15) is 5.82 Å². The van der Waals surface area contributed by atoms with Gasteiger partial charge in [-0.3, -0.25) is 4.79 Å². The SMILES string of the molecule is Cc1cccc(C)c1NC(=O)c1cc(S(=O)(=O)NCCc2ccccc2)ccc1F. The van der Waals surface area contributed by atoms with Gasteiger partial charge in [0, 0.05) is 12.2 Å². The highest BCUT2D eigenvalue weighted by atomic mass is 32.2. The zero-order chi connectivity index (χ0) is 21.7. The Kier molecular flexibility index (Phi) is 6.64. The molecule has 3 rings (SSSR count). The standard InChI is InChI=1S/C23H23FN2O3S/c1-16-7-6-8-17(2)22(16)26-23(27)20-15-19(11-12-21(20)24)30(28,29)25-14-13-18-9-4-3-5-10-18/h3-12,15,25H,13-14H2,1-2H3,(H,26,27). The maximum absolute atomic E-state index is 14.3. The lowest BCUT2D eigenvalue weighted by molar-refractivity contribution is 0.102. The zero-order valence-electron chi connectivity index (χ0n) is 16.8.